The number of hydrogen-bond acceptors (Lipinski definition) is 1. The standard InChI is InChI=1S/C15H22ClN/c1-17-15(10-9-12-5-2-3-6-12)13-7-4-8-14(16)11-13/h4,7-8,11-12,15,17H,2-3,5-6,9-10H2,1H3. The van der Waals surface area contributed by atoms with Crippen LogP contribution in [0.1, 0.15) is 50.1 Å². The molecule has 1 aromatic carbocycles. The number of halogens is 1. The van der Waals surface area contributed by atoms with Crippen LogP contribution in [0.15, 0.2) is 24.3 Å². The molecule has 0 aromatic heterocycles. The molecule has 1 aliphatic rings. The average molecular weight is 252 g/mol. The molecule has 0 spiro atoms. The van der Waals surface area contributed by atoms with Gasteiger partial charge in [-0.25, -0.2) is 0 Å². The molecule has 17 heavy (non-hydrogen) atoms. The van der Waals surface area contributed by atoms with Crippen LogP contribution in [0.3, 0.4) is 0 Å². The van der Waals surface area contributed by atoms with Gasteiger partial charge in [-0.05, 0) is 43.5 Å². The van der Waals surface area contributed by atoms with E-state index in [0.29, 0.717) is 6.04 Å². The zero-order valence-corrected chi connectivity index (χ0v) is 11.3. The van der Waals surface area contributed by atoms with Gasteiger partial charge in [0.2, 0.25) is 0 Å². The van der Waals surface area contributed by atoms with Gasteiger partial charge < -0.3 is 5.32 Å². The molecular weight excluding hydrogens is 230 g/mol. The first-order valence-electron chi connectivity index (χ1n) is 6.72. The molecule has 1 fully saturated rings. The Labute approximate surface area is 110 Å². The summed E-state index contributed by atoms with van der Waals surface area (Å²) < 4.78 is 0. The molecule has 1 saturated carbocycles. The highest BCUT2D eigenvalue weighted by Gasteiger charge is 2.17. The van der Waals surface area contributed by atoms with Gasteiger partial charge in [0.05, 0.1) is 0 Å². The van der Waals surface area contributed by atoms with Gasteiger partial charge in [-0.15, -0.1) is 0 Å². The molecule has 1 unspecified atom stereocenters. The van der Waals surface area contributed by atoms with Crippen molar-refractivity contribution in [1.82, 2.24) is 5.32 Å². The monoisotopic (exact) mass is 251 g/mol. The van der Waals surface area contributed by atoms with Crippen molar-refractivity contribution in [2.24, 2.45) is 5.92 Å². The molecule has 1 aromatic rings. The summed E-state index contributed by atoms with van der Waals surface area (Å²) in [4.78, 5) is 0. The smallest absolute Gasteiger partial charge is 0.0409 e. The van der Waals surface area contributed by atoms with Gasteiger partial charge in [0.1, 0.15) is 0 Å². The van der Waals surface area contributed by atoms with E-state index in [-0.39, 0.29) is 0 Å². The van der Waals surface area contributed by atoms with Crippen molar-refractivity contribution in [3.8, 4) is 0 Å². The second-order valence-corrected chi connectivity index (χ2v) is 5.56. The van der Waals surface area contributed by atoms with Gasteiger partial charge >= 0.3 is 0 Å². The first kappa shape index (κ1) is 12.9. The molecule has 94 valence electrons. The van der Waals surface area contributed by atoms with Crippen LogP contribution < -0.4 is 5.32 Å². The predicted molar refractivity (Wildman–Crippen MR) is 74.4 cm³/mol. The maximum absolute atomic E-state index is 6.05. The van der Waals surface area contributed by atoms with Crippen LogP contribution in [0.4, 0.5) is 0 Å². The third-order valence-electron chi connectivity index (χ3n) is 3.94. The Hall–Kier alpha value is -0.530. The number of rotatable bonds is 5. The molecule has 0 aliphatic heterocycles. The maximum Gasteiger partial charge on any atom is 0.0409 e. The second-order valence-electron chi connectivity index (χ2n) is 5.12. The molecule has 0 heterocycles. The SMILES string of the molecule is CNC(CCC1CCCC1)c1cccc(Cl)c1. The molecular formula is C15H22ClN. The fourth-order valence-electron chi connectivity index (χ4n) is 2.90. The van der Waals surface area contributed by atoms with Gasteiger partial charge in [-0.3, -0.25) is 0 Å². The first-order chi connectivity index (χ1) is 8.29. The summed E-state index contributed by atoms with van der Waals surface area (Å²) >= 11 is 6.05. The van der Waals surface area contributed by atoms with E-state index in [1.807, 2.05) is 19.2 Å². The Bertz CT molecular complexity index is 345. The van der Waals surface area contributed by atoms with Crippen LogP contribution in [-0.2, 0) is 0 Å². The van der Waals surface area contributed by atoms with Crippen LogP contribution in [0.25, 0.3) is 0 Å². The number of benzene rings is 1. The molecule has 2 heteroatoms. The molecule has 1 nitrogen and oxygen atoms in total. The molecule has 2 rings (SSSR count). The Morgan fingerprint density at radius 2 is 2.12 bits per heavy atom. The average Bonchev–Trinajstić information content (AvgIpc) is 2.83. The molecule has 0 amide bonds. The Balaban J connectivity index is 1.91. The molecule has 0 radical (unpaired) electrons. The van der Waals surface area contributed by atoms with E-state index in [9.17, 15) is 0 Å². The summed E-state index contributed by atoms with van der Waals surface area (Å²) in [7, 11) is 2.04. The lowest BCUT2D eigenvalue weighted by Crippen LogP contribution is -2.17. The van der Waals surface area contributed by atoms with Gasteiger partial charge in [-0.2, -0.15) is 0 Å². The van der Waals surface area contributed by atoms with Crippen molar-refractivity contribution in [2.75, 3.05) is 7.05 Å². The highest BCUT2D eigenvalue weighted by atomic mass is 35.5. The van der Waals surface area contributed by atoms with Gasteiger partial charge in [0.15, 0.2) is 0 Å². The zero-order chi connectivity index (χ0) is 12.1. The lowest BCUT2D eigenvalue weighted by molar-refractivity contribution is 0.427. The largest absolute Gasteiger partial charge is 0.313 e. The Morgan fingerprint density at radius 3 is 2.76 bits per heavy atom. The first-order valence-corrected chi connectivity index (χ1v) is 7.10. The summed E-state index contributed by atoms with van der Waals surface area (Å²) in [5, 5.41) is 4.25. The fourth-order valence-corrected chi connectivity index (χ4v) is 3.10. The minimum Gasteiger partial charge on any atom is -0.313 e. The van der Waals surface area contributed by atoms with Crippen molar-refractivity contribution >= 4 is 11.6 Å². The van der Waals surface area contributed by atoms with E-state index in [1.54, 1.807) is 0 Å². The lowest BCUT2D eigenvalue weighted by Gasteiger charge is -2.19. The van der Waals surface area contributed by atoms with E-state index in [0.717, 1.165) is 10.9 Å². The summed E-state index contributed by atoms with van der Waals surface area (Å²) in [5.74, 6) is 0.963. The van der Waals surface area contributed by atoms with Crippen molar-refractivity contribution in [3.63, 3.8) is 0 Å². The predicted octanol–water partition coefficient (Wildman–Crippen LogP) is 4.57. The van der Waals surface area contributed by atoms with Crippen molar-refractivity contribution < 1.29 is 0 Å². The highest BCUT2D eigenvalue weighted by molar-refractivity contribution is 6.30. The van der Waals surface area contributed by atoms with E-state index in [4.69, 9.17) is 11.6 Å². The number of hydrogen-bond donors (Lipinski definition) is 1. The molecule has 0 bridgehead atoms. The quantitative estimate of drug-likeness (QED) is 0.808. The highest BCUT2D eigenvalue weighted by Crippen LogP contribution is 2.31. The summed E-state index contributed by atoms with van der Waals surface area (Å²) in [6.45, 7) is 0. The van der Waals surface area contributed by atoms with Gasteiger partial charge in [0, 0.05) is 11.1 Å². The van der Waals surface area contributed by atoms with E-state index in [1.165, 1.54) is 44.1 Å². The topological polar surface area (TPSA) is 12.0 Å². The van der Waals surface area contributed by atoms with Crippen molar-refractivity contribution in [1.29, 1.82) is 0 Å². The van der Waals surface area contributed by atoms with Crippen LogP contribution in [0.2, 0.25) is 5.02 Å². The molecule has 1 atom stereocenters. The maximum atomic E-state index is 6.05. The third-order valence-corrected chi connectivity index (χ3v) is 4.17. The van der Waals surface area contributed by atoms with E-state index < -0.39 is 0 Å². The fraction of sp³-hybridized carbons (Fsp3) is 0.600. The summed E-state index contributed by atoms with van der Waals surface area (Å²) in [6.07, 6.45) is 8.32. The van der Waals surface area contributed by atoms with E-state index in [2.05, 4.69) is 17.4 Å². The Morgan fingerprint density at radius 1 is 1.35 bits per heavy atom. The van der Waals surface area contributed by atoms with Crippen LogP contribution in [0, 0.1) is 5.92 Å². The minimum absolute atomic E-state index is 0.453. The molecule has 1 N–H and O–H groups in total. The second kappa shape index (κ2) is 6.42. The van der Waals surface area contributed by atoms with Crippen LogP contribution in [0.5, 0.6) is 0 Å². The molecule has 1 aliphatic carbocycles. The van der Waals surface area contributed by atoms with Crippen molar-refractivity contribution in [3.05, 3.63) is 34.9 Å². The van der Waals surface area contributed by atoms with E-state index >= 15 is 0 Å². The molecule has 0 saturated heterocycles. The minimum atomic E-state index is 0.453. The Kier molecular flexibility index (Phi) is 4.87. The van der Waals surface area contributed by atoms with Gasteiger partial charge in [-0.1, -0.05) is 49.4 Å². The van der Waals surface area contributed by atoms with Gasteiger partial charge in [0.25, 0.3) is 0 Å². The summed E-state index contributed by atoms with van der Waals surface area (Å²) in [5.41, 5.74) is 1.32. The zero-order valence-electron chi connectivity index (χ0n) is 10.6. The number of nitrogens with one attached hydrogen (secondary N) is 1. The third kappa shape index (κ3) is 3.72. The lowest BCUT2D eigenvalue weighted by atomic mass is 9.95. The van der Waals surface area contributed by atoms with Crippen LogP contribution in [-0.4, -0.2) is 7.05 Å². The normalized spacial score (nSPS) is 18.5. The van der Waals surface area contributed by atoms with Crippen LogP contribution >= 0.6 is 11.6 Å². The van der Waals surface area contributed by atoms with Crippen molar-refractivity contribution in [2.45, 2.75) is 44.6 Å². The summed E-state index contributed by atoms with van der Waals surface area (Å²) in [6, 6.07) is 8.68.